The van der Waals surface area contributed by atoms with Crippen molar-refractivity contribution >= 4 is 23.4 Å². The summed E-state index contributed by atoms with van der Waals surface area (Å²) in [5.41, 5.74) is 3.17. The summed E-state index contributed by atoms with van der Waals surface area (Å²) in [5.74, 6) is 0.711. The second-order valence-corrected chi connectivity index (χ2v) is 6.83. The van der Waals surface area contributed by atoms with Crippen LogP contribution < -0.4 is 5.32 Å². The largest absolute Gasteiger partial charge is 0.465 e. The molecule has 1 aromatic heterocycles. The van der Waals surface area contributed by atoms with E-state index in [1.165, 1.54) is 17.3 Å². The van der Waals surface area contributed by atoms with E-state index in [2.05, 4.69) is 34.6 Å². The number of anilines is 1. The number of nitrogens with one attached hydrogen (secondary N) is 1. The molecule has 0 saturated heterocycles. The molecule has 0 aliphatic rings. The Morgan fingerprint density at radius 1 is 1.15 bits per heavy atom. The van der Waals surface area contributed by atoms with Crippen LogP contribution in [0.4, 0.5) is 5.69 Å². The van der Waals surface area contributed by atoms with Crippen molar-refractivity contribution in [2.45, 2.75) is 25.5 Å². The third kappa shape index (κ3) is 5.10. The maximum Gasteiger partial charge on any atom is 0.316 e. The van der Waals surface area contributed by atoms with Gasteiger partial charge in [0.05, 0.1) is 18.9 Å². The normalized spacial score (nSPS) is 10.6. The molecule has 7 heteroatoms. The third-order valence-corrected chi connectivity index (χ3v) is 4.71. The van der Waals surface area contributed by atoms with Gasteiger partial charge in [-0.1, -0.05) is 42.1 Å². The van der Waals surface area contributed by atoms with Crippen LogP contribution in [0.3, 0.4) is 0 Å². The number of ether oxygens (including phenoxy) is 1. The Labute approximate surface area is 163 Å². The summed E-state index contributed by atoms with van der Waals surface area (Å²) in [7, 11) is 0. The van der Waals surface area contributed by atoms with Gasteiger partial charge in [0.1, 0.15) is 0 Å². The number of para-hydroxylation sites is 1. The molecule has 0 amide bonds. The van der Waals surface area contributed by atoms with Crippen LogP contribution in [0.15, 0.2) is 59.8 Å². The average Bonchev–Trinajstić information content (AvgIpc) is 3.08. The van der Waals surface area contributed by atoms with Crippen LogP contribution in [0.1, 0.15) is 18.3 Å². The first-order valence-corrected chi connectivity index (χ1v) is 9.74. The smallest absolute Gasteiger partial charge is 0.316 e. The van der Waals surface area contributed by atoms with Crippen molar-refractivity contribution < 1.29 is 9.53 Å². The van der Waals surface area contributed by atoms with Gasteiger partial charge < -0.3 is 10.1 Å². The molecule has 1 N–H and O–H groups in total. The van der Waals surface area contributed by atoms with Crippen molar-refractivity contribution in [3.05, 3.63) is 66.0 Å². The summed E-state index contributed by atoms with van der Waals surface area (Å²) in [6, 6.07) is 18.1. The molecule has 0 bridgehead atoms. The summed E-state index contributed by atoms with van der Waals surface area (Å²) < 4.78 is 6.97. The maximum atomic E-state index is 11.7. The fourth-order valence-electron chi connectivity index (χ4n) is 2.61. The van der Waals surface area contributed by atoms with E-state index >= 15 is 0 Å². The SMILES string of the molecule is CCOC(=O)CSc1nnc(CNc2cccc(C)c2)n1-c1ccccc1. The van der Waals surface area contributed by atoms with Gasteiger partial charge in [0.15, 0.2) is 11.0 Å². The highest BCUT2D eigenvalue weighted by atomic mass is 32.2. The van der Waals surface area contributed by atoms with Crippen molar-refractivity contribution in [1.82, 2.24) is 14.8 Å². The number of hydrogen-bond acceptors (Lipinski definition) is 6. The van der Waals surface area contributed by atoms with E-state index in [9.17, 15) is 4.79 Å². The van der Waals surface area contributed by atoms with E-state index in [0.29, 0.717) is 18.3 Å². The van der Waals surface area contributed by atoms with Gasteiger partial charge in [-0.25, -0.2) is 0 Å². The molecule has 6 nitrogen and oxygen atoms in total. The van der Waals surface area contributed by atoms with Gasteiger partial charge in [-0.3, -0.25) is 9.36 Å². The molecule has 0 radical (unpaired) electrons. The lowest BCUT2D eigenvalue weighted by atomic mass is 10.2. The molecular formula is C20H22N4O2S. The molecule has 0 aliphatic heterocycles. The maximum absolute atomic E-state index is 11.7. The molecule has 140 valence electrons. The first-order chi connectivity index (χ1) is 13.2. The summed E-state index contributed by atoms with van der Waals surface area (Å²) >= 11 is 1.32. The Morgan fingerprint density at radius 2 is 1.96 bits per heavy atom. The molecule has 0 fully saturated rings. The van der Waals surface area contributed by atoms with Crippen LogP contribution in [0, 0.1) is 6.92 Å². The van der Waals surface area contributed by atoms with Crippen LogP contribution in [0.5, 0.6) is 0 Å². The standard InChI is InChI=1S/C20H22N4O2S/c1-3-26-19(25)14-27-20-23-22-18(24(20)17-10-5-4-6-11-17)13-21-16-9-7-8-15(2)12-16/h4-12,21H,3,13-14H2,1-2H3. The molecule has 0 unspecified atom stereocenters. The fraction of sp³-hybridized carbons (Fsp3) is 0.250. The zero-order valence-electron chi connectivity index (χ0n) is 15.4. The van der Waals surface area contributed by atoms with E-state index in [4.69, 9.17) is 4.74 Å². The number of nitrogens with zero attached hydrogens (tertiary/aromatic N) is 3. The Hall–Kier alpha value is -2.80. The average molecular weight is 382 g/mol. The van der Waals surface area contributed by atoms with Crippen molar-refractivity contribution in [2.24, 2.45) is 0 Å². The van der Waals surface area contributed by atoms with E-state index in [-0.39, 0.29) is 11.7 Å². The number of rotatable bonds is 8. The molecule has 1 heterocycles. The van der Waals surface area contributed by atoms with Crippen molar-refractivity contribution in [1.29, 1.82) is 0 Å². The number of aromatic nitrogens is 3. The molecule has 0 aliphatic carbocycles. The molecule has 3 rings (SSSR count). The zero-order valence-corrected chi connectivity index (χ0v) is 16.2. The molecule has 3 aromatic rings. The Morgan fingerprint density at radius 3 is 2.70 bits per heavy atom. The monoisotopic (exact) mass is 382 g/mol. The van der Waals surface area contributed by atoms with Crippen molar-refractivity contribution in [2.75, 3.05) is 17.7 Å². The number of thioether (sulfide) groups is 1. The highest BCUT2D eigenvalue weighted by molar-refractivity contribution is 7.99. The highest BCUT2D eigenvalue weighted by Gasteiger charge is 2.16. The second-order valence-electron chi connectivity index (χ2n) is 5.89. The molecule has 0 spiro atoms. The summed E-state index contributed by atoms with van der Waals surface area (Å²) in [5, 5.41) is 12.7. The van der Waals surface area contributed by atoms with Crippen molar-refractivity contribution in [3.8, 4) is 5.69 Å². The Bertz CT molecular complexity index is 896. The lowest BCUT2D eigenvalue weighted by molar-refractivity contribution is -0.139. The summed E-state index contributed by atoms with van der Waals surface area (Å²) in [6.07, 6.45) is 0. The quantitative estimate of drug-likeness (QED) is 0.471. The lowest BCUT2D eigenvalue weighted by Crippen LogP contribution is -2.10. The molecule has 27 heavy (non-hydrogen) atoms. The number of benzene rings is 2. The predicted octanol–water partition coefficient (Wildman–Crippen LogP) is 3.84. The van der Waals surface area contributed by atoms with E-state index < -0.39 is 0 Å². The van der Waals surface area contributed by atoms with Gasteiger partial charge in [-0.15, -0.1) is 10.2 Å². The molecular weight excluding hydrogens is 360 g/mol. The zero-order chi connectivity index (χ0) is 19.1. The second kappa shape index (κ2) is 9.23. The van der Waals surface area contributed by atoms with Crippen molar-refractivity contribution in [3.63, 3.8) is 0 Å². The summed E-state index contributed by atoms with van der Waals surface area (Å²) in [4.78, 5) is 11.7. The van der Waals surface area contributed by atoms with Gasteiger partial charge >= 0.3 is 5.97 Å². The Balaban J connectivity index is 1.81. The minimum absolute atomic E-state index is 0.199. The van der Waals surface area contributed by atoms with E-state index in [1.54, 1.807) is 6.92 Å². The molecule has 0 saturated carbocycles. The van der Waals surface area contributed by atoms with Crippen LogP contribution >= 0.6 is 11.8 Å². The fourth-order valence-corrected chi connectivity index (χ4v) is 3.38. The minimum Gasteiger partial charge on any atom is -0.465 e. The van der Waals surface area contributed by atoms with E-state index in [0.717, 1.165) is 17.2 Å². The highest BCUT2D eigenvalue weighted by Crippen LogP contribution is 2.23. The van der Waals surface area contributed by atoms with Crippen LogP contribution in [-0.4, -0.2) is 33.1 Å². The lowest BCUT2D eigenvalue weighted by Gasteiger charge is -2.11. The van der Waals surface area contributed by atoms with Gasteiger partial charge in [0, 0.05) is 11.4 Å². The molecule has 2 aromatic carbocycles. The van der Waals surface area contributed by atoms with Gasteiger partial charge in [-0.05, 0) is 43.7 Å². The third-order valence-electron chi connectivity index (χ3n) is 3.81. The summed E-state index contributed by atoms with van der Waals surface area (Å²) in [6.45, 7) is 4.74. The first-order valence-electron chi connectivity index (χ1n) is 8.76. The molecule has 0 atom stereocenters. The number of carbonyl (C=O) groups excluding carboxylic acids is 1. The minimum atomic E-state index is -0.260. The van der Waals surface area contributed by atoms with Gasteiger partial charge in [-0.2, -0.15) is 0 Å². The number of carbonyl (C=O) groups is 1. The van der Waals surface area contributed by atoms with Gasteiger partial charge in [0.2, 0.25) is 0 Å². The number of esters is 1. The van der Waals surface area contributed by atoms with Crippen LogP contribution in [0.25, 0.3) is 5.69 Å². The Kier molecular flexibility index (Phi) is 6.49. The topological polar surface area (TPSA) is 69.0 Å². The number of aryl methyl sites for hydroxylation is 1. The number of hydrogen-bond donors (Lipinski definition) is 1. The van der Waals surface area contributed by atoms with Gasteiger partial charge in [0.25, 0.3) is 0 Å². The van der Waals surface area contributed by atoms with Crippen LogP contribution in [0.2, 0.25) is 0 Å². The van der Waals surface area contributed by atoms with E-state index in [1.807, 2.05) is 47.0 Å². The first kappa shape index (κ1) is 19.0. The van der Waals surface area contributed by atoms with Crippen LogP contribution in [-0.2, 0) is 16.1 Å². The predicted molar refractivity (Wildman–Crippen MR) is 107 cm³/mol.